The number of aromatic carboxylic acids is 1. The van der Waals surface area contributed by atoms with Gasteiger partial charge >= 0.3 is 5.97 Å². The summed E-state index contributed by atoms with van der Waals surface area (Å²) in [6.07, 6.45) is 4.17. The molecule has 0 bridgehead atoms. The number of amides is 2. The highest BCUT2D eigenvalue weighted by molar-refractivity contribution is 5.95. The molecule has 1 saturated carbocycles. The SMILES string of the molecule is Cc1ccc(C(=O)O)cc1NC(=O)C[C@H](C)NC(=O)C1CCCC1. The Labute approximate surface area is 141 Å². The Morgan fingerprint density at radius 1 is 1.25 bits per heavy atom. The minimum absolute atomic E-state index is 0.0249. The summed E-state index contributed by atoms with van der Waals surface area (Å²) < 4.78 is 0. The maximum atomic E-state index is 12.1. The standard InChI is InChI=1S/C18H24N2O4/c1-11-7-8-14(18(23)24)10-15(11)20-16(21)9-12(2)19-17(22)13-5-3-4-6-13/h7-8,10,12-13H,3-6,9H2,1-2H3,(H,19,22)(H,20,21)(H,23,24)/t12-/m0/s1. The molecule has 0 aliphatic heterocycles. The summed E-state index contributed by atoms with van der Waals surface area (Å²) >= 11 is 0. The average Bonchev–Trinajstić information content (AvgIpc) is 3.03. The molecule has 6 nitrogen and oxygen atoms in total. The fraction of sp³-hybridized carbons (Fsp3) is 0.500. The van der Waals surface area contributed by atoms with Gasteiger partial charge in [0.05, 0.1) is 5.56 Å². The summed E-state index contributed by atoms with van der Waals surface area (Å²) in [5, 5.41) is 14.6. The third-order valence-electron chi connectivity index (χ3n) is 4.36. The largest absolute Gasteiger partial charge is 0.478 e. The molecule has 24 heavy (non-hydrogen) atoms. The second kappa shape index (κ2) is 7.95. The number of anilines is 1. The van der Waals surface area contributed by atoms with Crippen LogP contribution < -0.4 is 10.6 Å². The van der Waals surface area contributed by atoms with Gasteiger partial charge in [-0.1, -0.05) is 18.9 Å². The van der Waals surface area contributed by atoms with E-state index in [1.165, 1.54) is 12.1 Å². The third kappa shape index (κ3) is 4.81. The van der Waals surface area contributed by atoms with Crippen molar-refractivity contribution < 1.29 is 19.5 Å². The van der Waals surface area contributed by atoms with Gasteiger partial charge in [-0.15, -0.1) is 0 Å². The minimum Gasteiger partial charge on any atom is -0.478 e. The number of hydrogen-bond donors (Lipinski definition) is 3. The highest BCUT2D eigenvalue weighted by Gasteiger charge is 2.24. The average molecular weight is 332 g/mol. The van der Waals surface area contributed by atoms with Crippen LogP contribution in [0.1, 0.15) is 54.9 Å². The van der Waals surface area contributed by atoms with Crippen LogP contribution in [0.2, 0.25) is 0 Å². The molecule has 1 aliphatic carbocycles. The summed E-state index contributed by atoms with van der Waals surface area (Å²) in [5.41, 5.74) is 1.39. The zero-order valence-corrected chi connectivity index (χ0v) is 14.1. The fourth-order valence-electron chi connectivity index (χ4n) is 2.97. The van der Waals surface area contributed by atoms with Gasteiger partial charge in [0.15, 0.2) is 0 Å². The molecule has 2 amide bonds. The third-order valence-corrected chi connectivity index (χ3v) is 4.36. The molecule has 0 unspecified atom stereocenters. The van der Waals surface area contributed by atoms with Crippen LogP contribution in [0, 0.1) is 12.8 Å². The molecular weight excluding hydrogens is 308 g/mol. The first-order valence-electron chi connectivity index (χ1n) is 8.31. The number of carboxylic acids is 1. The number of carboxylic acid groups (broad SMARTS) is 1. The van der Waals surface area contributed by atoms with E-state index in [4.69, 9.17) is 5.11 Å². The number of carbonyl (C=O) groups is 3. The smallest absolute Gasteiger partial charge is 0.335 e. The fourth-order valence-corrected chi connectivity index (χ4v) is 2.97. The molecule has 2 rings (SSSR count). The summed E-state index contributed by atoms with van der Waals surface area (Å²) in [6.45, 7) is 3.60. The van der Waals surface area contributed by atoms with E-state index in [2.05, 4.69) is 10.6 Å². The number of nitrogens with one attached hydrogen (secondary N) is 2. The van der Waals surface area contributed by atoms with Crippen LogP contribution >= 0.6 is 0 Å². The number of hydrogen-bond acceptors (Lipinski definition) is 3. The molecule has 130 valence electrons. The molecule has 0 radical (unpaired) electrons. The topological polar surface area (TPSA) is 95.5 Å². The predicted octanol–water partition coefficient (Wildman–Crippen LogP) is 2.72. The van der Waals surface area contributed by atoms with E-state index in [0.29, 0.717) is 5.69 Å². The van der Waals surface area contributed by atoms with E-state index in [1.54, 1.807) is 19.9 Å². The van der Waals surface area contributed by atoms with Crippen LogP contribution in [0.3, 0.4) is 0 Å². The van der Waals surface area contributed by atoms with Crippen molar-refractivity contribution in [1.29, 1.82) is 0 Å². The molecule has 6 heteroatoms. The molecule has 3 N–H and O–H groups in total. The van der Waals surface area contributed by atoms with Gasteiger partial charge in [-0.05, 0) is 44.4 Å². The van der Waals surface area contributed by atoms with Gasteiger partial charge in [0.1, 0.15) is 0 Å². The van der Waals surface area contributed by atoms with Crippen LogP contribution in [0.15, 0.2) is 18.2 Å². The number of benzene rings is 1. The van der Waals surface area contributed by atoms with Crippen molar-refractivity contribution in [3.8, 4) is 0 Å². The second-order valence-corrected chi connectivity index (χ2v) is 6.48. The van der Waals surface area contributed by atoms with Crippen LogP contribution in [0.4, 0.5) is 5.69 Å². The van der Waals surface area contributed by atoms with E-state index >= 15 is 0 Å². The lowest BCUT2D eigenvalue weighted by Crippen LogP contribution is -2.38. The van der Waals surface area contributed by atoms with Gasteiger partial charge in [-0.2, -0.15) is 0 Å². The molecule has 0 saturated heterocycles. The molecule has 0 aromatic heterocycles. The van der Waals surface area contributed by atoms with Gasteiger partial charge in [-0.25, -0.2) is 4.79 Å². The summed E-state index contributed by atoms with van der Waals surface area (Å²) in [7, 11) is 0. The molecular formula is C18H24N2O4. The van der Waals surface area contributed by atoms with Crippen molar-refractivity contribution in [3.63, 3.8) is 0 Å². The van der Waals surface area contributed by atoms with Gasteiger partial charge < -0.3 is 15.7 Å². The summed E-state index contributed by atoms with van der Waals surface area (Å²) in [5.74, 6) is -1.19. The normalized spacial score (nSPS) is 15.8. The highest BCUT2D eigenvalue weighted by atomic mass is 16.4. The lowest BCUT2D eigenvalue weighted by molar-refractivity contribution is -0.125. The van der Waals surface area contributed by atoms with Crippen LogP contribution in [-0.4, -0.2) is 28.9 Å². The molecule has 1 aromatic rings. The van der Waals surface area contributed by atoms with Gasteiger partial charge in [0, 0.05) is 24.1 Å². The molecule has 1 aliphatic rings. The number of rotatable bonds is 6. The maximum absolute atomic E-state index is 12.1. The zero-order valence-electron chi connectivity index (χ0n) is 14.1. The Balaban J connectivity index is 1.89. The van der Waals surface area contributed by atoms with Crippen molar-refractivity contribution in [3.05, 3.63) is 29.3 Å². The highest BCUT2D eigenvalue weighted by Crippen LogP contribution is 2.25. The monoisotopic (exact) mass is 332 g/mol. The first-order valence-corrected chi connectivity index (χ1v) is 8.31. The van der Waals surface area contributed by atoms with Gasteiger partial charge in [-0.3, -0.25) is 9.59 Å². The number of aryl methyl sites for hydroxylation is 1. The first-order chi connectivity index (χ1) is 11.4. The van der Waals surface area contributed by atoms with E-state index in [0.717, 1.165) is 31.2 Å². The summed E-state index contributed by atoms with van der Waals surface area (Å²) in [6, 6.07) is 4.33. The zero-order chi connectivity index (χ0) is 17.7. The maximum Gasteiger partial charge on any atom is 0.335 e. The van der Waals surface area contributed by atoms with Crippen LogP contribution in [0.25, 0.3) is 0 Å². The van der Waals surface area contributed by atoms with Crippen molar-refractivity contribution in [2.45, 2.75) is 52.0 Å². The first kappa shape index (κ1) is 18.0. The Bertz CT molecular complexity index is 636. The molecule has 0 spiro atoms. The quantitative estimate of drug-likeness (QED) is 0.746. The van der Waals surface area contributed by atoms with Crippen LogP contribution in [-0.2, 0) is 9.59 Å². The van der Waals surface area contributed by atoms with Crippen molar-refractivity contribution in [1.82, 2.24) is 5.32 Å². The van der Waals surface area contributed by atoms with Gasteiger partial charge in [0.2, 0.25) is 11.8 Å². The van der Waals surface area contributed by atoms with Gasteiger partial charge in [0.25, 0.3) is 0 Å². The van der Waals surface area contributed by atoms with Crippen LogP contribution in [0.5, 0.6) is 0 Å². The number of carbonyl (C=O) groups excluding carboxylic acids is 2. The molecule has 1 fully saturated rings. The molecule has 0 heterocycles. The summed E-state index contributed by atoms with van der Waals surface area (Å²) in [4.78, 5) is 35.2. The molecule has 1 aromatic carbocycles. The van der Waals surface area contributed by atoms with Crippen molar-refractivity contribution in [2.24, 2.45) is 5.92 Å². The Morgan fingerprint density at radius 2 is 1.92 bits per heavy atom. The van der Waals surface area contributed by atoms with Crippen molar-refractivity contribution >= 4 is 23.5 Å². The second-order valence-electron chi connectivity index (χ2n) is 6.48. The van der Waals surface area contributed by atoms with E-state index in [-0.39, 0.29) is 35.8 Å². The van der Waals surface area contributed by atoms with E-state index in [1.807, 2.05) is 0 Å². The predicted molar refractivity (Wildman–Crippen MR) is 90.9 cm³/mol. The molecule has 1 atom stereocenters. The lowest BCUT2D eigenvalue weighted by Gasteiger charge is -2.17. The Morgan fingerprint density at radius 3 is 2.54 bits per heavy atom. The van der Waals surface area contributed by atoms with E-state index < -0.39 is 5.97 Å². The Kier molecular flexibility index (Phi) is 5.95. The van der Waals surface area contributed by atoms with E-state index in [9.17, 15) is 14.4 Å². The minimum atomic E-state index is -1.04. The Hall–Kier alpha value is -2.37. The lowest BCUT2D eigenvalue weighted by atomic mass is 10.1. The van der Waals surface area contributed by atoms with Crippen molar-refractivity contribution in [2.75, 3.05) is 5.32 Å².